The summed E-state index contributed by atoms with van der Waals surface area (Å²) in [5, 5.41) is 9.12. The first-order valence-corrected chi connectivity index (χ1v) is 4.51. The normalized spacial score (nSPS) is 17.2. The van der Waals surface area contributed by atoms with Crippen LogP contribution in [0.1, 0.15) is 5.56 Å². The molecule has 0 radical (unpaired) electrons. The predicted octanol–water partition coefficient (Wildman–Crippen LogP) is 0.326. The molecule has 1 fully saturated rings. The molecule has 70 valence electrons. The van der Waals surface area contributed by atoms with Crippen LogP contribution in [0, 0.1) is 0 Å². The Morgan fingerprint density at radius 2 is 1.92 bits per heavy atom. The van der Waals surface area contributed by atoms with Crippen LogP contribution in [0.2, 0.25) is 0 Å². The standard InChI is InChI=1S/C10H14N2O/c11-5-8-1-3-9(4-2-8)12-6-10(13)7-12/h1-4,10,13H,5-7,11H2. The molecule has 0 atom stereocenters. The summed E-state index contributed by atoms with van der Waals surface area (Å²) in [5.41, 5.74) is 7.80. The maximum Gasteiger partial charge on any atom is 0.0889 e. The first kappa shape index (κ1) is 8.53. The summed E-state index contributed by atoms with van der Waals surface area (Å²) >= 11 is 0. The lowest BCUT2D eigenvalue weighted by Crippen LogP contribution is -2.50. The SMILES string of the molecule is NCc1ccc(N2CC(O)C2)cc1. The maximum absolute atomic E-state index is 9.12. The Morgan fingerprint density at radius 3 is 2.38 bits per heavy atom. The van der Waals surface area contributed by atoms with E-state index in [1.54, 1.807) is 0 Å². The molecule has 13 heavy (non-hydrogen) atoms. The van der Waals surface area contributed by atoms with Gasteiger partial charge in [0.05, 0.1) is 6.10 Å². The Balaban J connectivity index is 2.06. The second-order valence-electron chi connectivity index (χ2n) is 3.43. The summed E-state index contributed by atoms with van der Waals surface area (Å²) in [4.78, 5) is 2.14. The van der Waals surface area contributed by atoms with Crippen molar-refractivity contribution in [3.05, 3.63) is 29.8 Å². The minimum Gasteiger partial charge on any atom is -0.389 e. The van der Waals surface area contributed by atoms with E-state index in [0.717, 1.165) is 18.7 Å². The summed E-state index contributed by atoms with van der Waals surface area (Å²) in [6.07, 6.45) is -0.144. The van der Waals surface area contributed by atoms with E-state index in [1.165, 1.54) is 5.69 Å². The Hall–Kier alpha value is -1.06. The second kappa shape index (κ2) is 3.36. The van der Waals surface area contributed by atoms with E-state index >= 15 is 0 Å². The number of rotatable bonds is 2. The topological polar surface area (TPSA) is 49.5 Å². The van der Waals surface area contributed by atoms with E-state index in [4.69, 9.17) is 10.8 Å². The van der Waals surface area contributed by atoms with Gasteiger partial charge in [-0.1, -0.05) is 12.1 Å². The zero-order valence-corrected chi connectivity index (χ0v) is 7.48. The summed E-state index contributed by atoms with van der Waals surface area (Å²) in [7, 11) is 0. The minimum absolute atomic E-state index is 0.144. The van der Waals surface area contributed by atoms with Gasteiger partial charge in [0.1, 0.15) is 0 Å². The molecule has 2 rings (SSSR count). The van der Waals surface area contributed by atoms with Crippen molar-refractivity contribution >= 4 is 5.69 Å². The van der Waals surface area contributed by atoms with Gasteiger partial charge in [0.25, 0.3) is 0 Å². The highest BCUT2D eigenvalue weighted by Crippen LogP contribution is 2.20. The van der Waals surface area contributed by atoms with Crippen LogP contribution in [-0.2, 0) is 6.54 Å². The van der Waals surface area contributed by atoms with Crippen LogP contribution in [0.15, 0.2) is 24.3 Å². The molecule has 0 aromatic heterocycles. The number of nitrogens with zero attached hydrogens (tertiary/aromatic N) is 1. The quantitative estimate of drug-likeness (QED) is 0.686. The number of nitrogens with two attached hydrogens (primary N) is 1. The monoisotopic (exact) mass is 178 g/mol. The number of hydrogen-bond donors (Lipinski definition) is 2. The van der Waals surface area contributed by atoms with Gasteiger partial charge in [-0.2, -0.15) is 0 Å². The smallest absolute Gasteiger partial charge is 0.0889 e. The molecule has 0 bridgehead atoms. The third kappa shape index (κ3) is 1.66. The number of aliphatic hydroxyl groups is 1. The first-order valence-electron chi connectivity index (χ1n) is 4.51. The van der Waals surface area contributed by atoms with Gasteiger partial charge in [-0.05, 0) is 17.7 Å². The Labute approximate surface area is 77.8 Å². The molecule has 1 heterocycles. The molecule has 3 heteroatoms. The van der Waals surface area contributed by atoms with Crippen LogP contribution >= 0.6 is 0 Å². The van der Waals surface area contributed by atoms with Crippen molar-refractivity contribution in [2.45, 2.75) is 12.6 Å². The van der Waals surface area contributed by atoms with Gasteiger partial charge in [-0.25, -0.2) is 0 Å². The lowest BCUT2D eigenvalue weighted by Gasteiger charge is -2.37. The van der Waals surface area contributed by atoms with Crippen LogP contribution in [0.3, 0.4) is 0 Å². The van der Waals surface area contributed by atoms with Crippen molar-refractivity contribution in [1.82, 2.24) is 0 Å². The molecule has 0 aliphatic carbocycles. The molecule has 1 aliphatic rings. The summed E-state index contributed by atoms with van der Waals surface area (Å²) < 4.78 is 0. The lowest BCUT2D eigenvalue weighted by atomic mass is 10.1. The molecule has 0 saturated carbocycles. The van der Waals surface area contributed by atoms with E-state index in [2.05, 4.69) is 4.90 Å². The van der Waals surface area contributed by atoms with E-state index in [1.807, 2.05) is 24.3 Å². The third-order valence-electron chi connectivity index (χ3n) is 2.40. The fourth-order valence-electron chi connectivity index (χ4n) is 1.51. The Bertz CT molecular complexity index is 277. The summed E-state index contributed by atoms with van der Waals surface area (Å²) in [5.74, 6) is 0. The van der Waals surface area contributed by atoms with Gasteiger partial charge < -0.3 is 15.7 Å². The molecular formula is C10H14N2O. The van der Waals surface area contributed by atoms with E-state index in [0.29, 0.717) is 6.54 Å². The molecule has 1 aliphatic heterocycles. The van der Waals surface area contributed by atoms with Crippen LogP contribution in [-0.4, -0.2) is 24.3 Å². The highest BCUT2D eigenvalue weighted by molar-refractivity contribution is 5.50. The molecule has 1 aromatic rings. The van der Waals surface area contributed by atoms with Crippen molar-refractivity contribution in [3.63, 3.8) is 0 Å². The first-order chi connectivity index (χ1) is 6.29. The van der Waals surface area contributed by atoms with Gasteiger partial charge in [0.15, 0.2) is 0 Å². The lowest BCUT2D eigenvalue weighted by molar-refractivity contribution is 0.142. The maximum atomic E-state index is 9.12. The highest BCUT2D eigenvalue weighted by atomic mass is 16.3. The summed E-state index contributed by atoms with van der Waals surface area (Å²) in [6.45, 7) is 2.09. The predicted molar refractivity (Wildman–Crippen MR) is 52.6 cm³/mol. The second-order valence-corrected chi connectivity index (χ2v) is 3.43. The largest absolute Gasteiger partial charge is 0.389 e. The molecule has 1 aromatic carbocycles. The van der Waals surface area contributed by atoms with Crippen LogP contribution in [0.5, 0.6) is 0 Å². The molecular weight excluding hydrogens is 164 g/mol. The molecule has 3 nitrogen and oxygen atoms in total. The number of aliphatic hydroxyl groups excluding tert-OH is 1. The average Bonchev–Trinajstić information content (AvgIpc) is 2.13. The average molecular weight is 178 g/mol. The van der Waals surface area contributed by atoms with Crippen LogP contribution < -0.4 is 10.6 Å². The van der Waals surface area contributed by atoms with Crippen molar-refractivity contribution in [3.8, 4) is 0 Å². The van der Waals surface area contributed by atoms with Crippen molar-refractivity contribution < 1.29 is 5.11 Å². The summed E-state index contributed by atoms with van der Waals surface area (Å²) in [6, 6.07) is 8.15. The van der Waals surface area contributed by atoms with Crippen molar-refractivity contribution in [2.75, 3.05) is 18.0 Å². The number of benzene rings is 1. The number of anilines is 1. The van der Waals surface area contributed by atoms with Crippen LogP contribution in [0.25, 0.3) is 0 Å². The molecule has 0 spiro atoms. The van der Waals surface area contributed by atoms with Gasteiger partial charge in [0, 0.05) is 25.3 Å². The zero-order chi connectivity index (χ0) is 9.26. The Morgan fingerprint density at radius 1 is 1.31 bits per heavy atom. The fourth-order valence-corrected chi connectivity index (χ4v) is 1.51. The van der Waals surface area contributed by atoms with Gasteiger partial charge in [-0.15, -0.1) is 0 Å². The van der Waals surface area contributed by atoms with Gasteiger partial charge in [0.2, 0.25) is 0 Å². The fraction of sp³-hybridized carbons (Fsp3) is 0.400. The highest BCUT2D eigenvalue weighted by Gasteiger charge is 2.23. The third-order valence-corrected chi connectivity index (χ3v) is 2.40. The van der Waals surface area contributed by atoms with E-state index in [9.17, 15) is 0 Å². The zero-order valence-electron chi connectivity index (χ0n) is 7.48. The van der Waals surface area contributed by atoms with Crippen LogP contribution in [0.4, 0.5) is 5.69 Å². The Kier molecular flexibility index (Phi) is 2.20. The van der Waals surface area contributed by atoms with E-state index in [-0.39, 0.29) is 6.10 Å². The number of hydrogen-bond acceptors (Lipinski definition) is 3. The molecule has 0 unspecified atom stereocenters. The molecule has 0 amide bonds. The van der Waals surface area contributed by atoms with E-state index < -0.39 is 0 Å². The number of β-amino-alcohol motifs (C(OH)–C–C–N with tert-alkyl or cyclic N) is 1. The minimum atomic E-state index is -0.144. The van der Waals surface area contributed by atoms with Crippen molar-refractivity contribution in [2.24, 2.45) is 5.73 Å². The molecule has 3 N–H and O–H groups in total. The van der Waals surface area contributed by atoms with Crippen molar-refractivity contribution in [1.29, 1.82) is 0 Å². The van der Waals surface area contributed by atoms with Gasteiger partial charge in [-0.3, -0.25) is 0 Å². The van der Waals surface area contributed by atoms with Gasteiger partial charge >= 0.3 is 0 Å². The molecule has 1 saturated heterocycles.